The van der Waals surface area contributed by atoms with Crippen molar-refractivity contribution >= 4 is 9.84 Å². The SMILES string of the molecule is CN(Cc1cccc(F)c1O)C1CCS(=O)(=O)C1. The number of aromatic hydroxyl groups is 1. The summed E-state index contributed by atoms with van der Waals surface area (Å²) in [7, 11) is -1.14. The van der Waals surface area contributed by atoms with E-state index in [4.69, 9.17) is 0 Å². The molecule has 0 saturated carbocycles. The van der Waals surface area contributed by atoms with Crippen molar-refractivity contribution in [2.45, 2.75) is 19.0 Å². The summed E-state index contributed by atoms with van der Waals surface area (Å²) in [5.41, 5.74) is 0.474. The lowest BCUT2D eigenvalue weighted by atomic mass is 10.1. The molecule has 2 rings (SSSR count). The minimum Gasteiger partial charge on any atom is -0.505 e. The van der Waals surface area contributed by atoms with E-state index < -0.39 is 15.7 Å². The maximum absolute atomic E-state index is 13.2. The highest BCUT2D eigenvalue weighted by atomic mass is 32.2. The van der Waals surface area contributed by atoms with Crippen molar-refractivity contribution in [3.63, 3.8) is 0 Å². The summed E-state index contributed by atoms with van der Waals surface area (Å²) in [6.45, 7) is 0.337. The second-order valence-electron chi connectivity index (χ2n) is 4.72. The van der Waals surface area contributed by atoms with Gasteiger partial charge in [-0.05, 0) is 19.5 Å². The molecule has 0 radical (unpaired) electrons. The summed E-state index contributed by atoms with van der Waals surface area (Å²) in [5.74, 6) is -0.665. The number of nitrogens with zero attached hydrogens (tertiary/aromatic N) is 1. The molecule has 0 amide bonds. The zero-order chi connectivity index (χ0) is 13.3. The molecule has 0 aliphatic carbocycles. The molecule has 0 aromatic heterocycles. The standard InChI is InChI=1S/C12H16FNO3S/c1-14(10-5-6-18(16,17)8-10)7-9-3-2-4-11(13)12(9)15/h2-4,10,15H,5-8H2,1H3. The maximum Gasteiger partial charge on any atom is 0.165 e. The maximum atomic E-state index is 13.2. The Morgan fingerprint density at radius 3 is 2.83 bits per heavy atom. The van der Waals surface area contributed by atoms with Gasteiger partial charge in [0.2, 0.25) is 0 Å². The number of hydrogen-bond acceptors (Lipinski definition) is 4. The van der Waals surface area contributed by atoms with Crippen LogP contribution in [0.2, 0.25) is 0 Å². The fourth-order valence-electron chi connectivity index (χ4n) is 2.21. The van der Waals surface area contributed by atoms with Crippen LogP contribution >= 0.6 is 0 Å². The number of para-hydroxylation sites is 1. The molecule has 1 unspecified atom stereocenters. The molecule has 1 saturated heterocycles. The summed E-state index contributed by atoms with van der Waals surface area (Å²) >= 11 is 0. The van der Waals surface area contributed by atoms with Gasteiger partial charge in [0.25, 0.3) is 0 Å². The van der Waals surface area contributed by atoms with Crippen molar-refractivity contribution in [1.82, 2.24) is 4.90 Å². The van der Waals surface area contributed by atoms with Crippen LogP contribution in [0.3, 0.4) is 0 Å². The van der Waals surface area contributed by atoms with Crippen LogP contribution in [0.15, 0.2) is 18.2 Å². The molecule has 1 aromatic carbocycles. The van der Waals surface area contributed by atoms with Gasteiger partial charge in [-0.25, -0.2) is 12.8 Å². The van der Waals surface area contributed by atoms with Crippen LogP contribution in [0.5, 0.6) is 5.75 Å². The summed E-state index contributed by atoms with van der Waals surface area (Å²) in [6, 6.07) is 4.30. The highest BCUT2D eigenvalue weighted by Crippen LogP contribution is 2.24. The summed E-state index contributed by atoms with van der Waals surface area (Å²) in [6.07, 6.45) is 0.592. The van der Waals surface area contributed by atoms with E-state index >= 15 is 0 Å². The van der Waals surface area contributed by atoms with E-state index in [0.29, 0.717) is 18.5 Å². The Bertz CT molecular complexity index is 544. The van der Waals surface area contributed by atoms with E-state index in [0.717, 1.165) is 0 Å². The molecule has 1 aliphatic rings. The van der Waals surface area contributed by atoms with Gasteiger partial charge in [0, 0.05) is 18.2 Å². The van der Waals surface area contributed by atoms with E-state index in [-0.39, 0.29) is 23.3 Å². The van der Waals surface area contributed by atoms with Crippen LogP contribution in [0.1, 0.15) is 12.0 Å². The zero-order valence-corrected chi connectivity index (χ0v) is 11.0. The quantitative estimate of drug-likeness (QED) is 0.897. The van der Waals surface area contributed by atoms with Gasteiger partial charge in [0.15, 0.2) is 21.4 Å². The number of benzene rings is 1. The lowest BCUT2D eigenvalue weighted by Crippen LogP contribution is -2.32. The molecule has 1 aliphatic heterocycles. The topological polar surface area (TPSA) is 57.6 Å². The molecule has 4 nitrogen and oxygen atoms in total. The van der Waals surface area contributed by atoms with Gasteiger partial charge in [-0.2, -0.15) is 0 Å². The highest BCUT2D eigenvalue weighted by Gasteiger charge is 2.30. The number of halogens is 1. The first-order valence-corrected chi connectivity index (χ1v) is 7.58. The second-order valence-corrected chi connectivity index (χ2v) is 6.95. The lowest BCUT2D eigenvalue weighted by molar-refractivity contribution is 0.249. The van der Waals surface area contributed by atoms with Crippen molar-refractivity contribution in [3.05, 3.63) is 29.6 Å². The molecule has 1 N–H and O–H groups in total. The fraction of sp³-hybridized carbons (Fsp3) is 0.500. The Morgan fingerprint density at radius 1 is 1.50 bits per heavy atom. The molecule has 1 aromatic rings. The van der Waals surface area contributed by atoms with Gasteiger partial charge in [-0.3, -0.25) is 4.90 Å². The third-order valence-corrected chi connectivity index (χ3v) is 5.07. The van der Waals surface area contributed by atoms with Crippen molar-refractivity contribution in [3.8, 4) is 5.75 Å². The average Bonchev–Trinajstić information content (AvgIpc) is 2.65. The molecule has 1 heterocycles. The van der Waals surface area contributed by atoms with Crippen LogP contribution in [-0.4, -0.2) is 43.0 Å². The second kappa shape index (κ2) is 4.85. The van der Waals surface area contributed by atoms with Crippen LogP contribution in [0.4, 0.5) is 4.39 Å². The molecular weight excluding hydrogens is 257 g/mol. The van der Waals surface area contributed by atoms with E-state index in [1.165, 1.54) is 12.1 Å². The highest BCUT2D eigenvalue weighted by molar-refractivity contribution is 7.91. The third-order valence-electron chi connectivity index (χ3n) is 3.32. The number of phenolic OH excluding ortho intramolecular Hbond substituents is 1. The van der Waals surface area contributed by atoms with Gasteiger partial charge < -0.3 is 5.11 Å². The monoisotopic (exact) mass is 273 g/mol. The van der Waals surface area contributed by atoms with Crippen molar-refractivity contribution < 1.29 is 17.9 Å². The first-order chi connectivity index (χ1) is 8.39. The lowest BCUT2D eigenvalue weighted by Gasteiger charge is -2.23. The van der Waals surface area contributed by atoms with Crippen molar-refractivity contribution in [2.75, 3.05) is 18.6 Å². The Balaban J connectivity index is 2.08. The minimum absolute atomic E-state index is 0.0577. The first kappa shape index (κ1) is 13.3. The van der Waals surface area contributed by atoms with Gasteiger partial charge in [0.05, 0.1) is 11.5 Å². The predicted octanol–water partition coefficient (Wildman–Crippen LogP) is 1.15. The van der Waals surface area contributed by atoms with E-state index in [9.17, 15) is 17.9 Å². The Morgan fingerprint density at radius 2 is 2.22 bits per heavy atom. The molecule has 1 atom stereocenters. The minimum atomic E-state index is -2.93. The number of phenols is 1. The summed E-state index contributed by atoms with van der Waals surface area (Å²) in [4.78, 5) is 1.85. The number of sulfone groups is 1. The zero-order valence-electron chi connectivity index (χ0n) is 10.1. The predicted molar refractivity (Wildman–Crippen MR) is 66.6 cm³/mol. The molecule has 0 spiro atoms. The van der Waals surface area contributed by atoms with Crippen LogP contribution in [0.25, 0.3) is 0 Å². The van der Waals surface area contributed by atoms with Gasteiger partial charge in [-0.15, -0.1) is 0 Å². The van der Waals surface area contributed by atoms with E-state index in [1.54, 1.807) is 13.1 Å². The third kappa shape index (κ3) is 2.81. The molecule has 18 heavy (non-hydrogen) atoms. The van der Waals surface area contributed by atoms with Gasteiger partial charge in [0.1, 0.15) is 0 Å². The normalized spacial score (nSPS) is 22.5. The molecular formula is C12H16FNO3S. The van der Waals surface area contributed by atoms with Crippen LogP contribution in [0, 0.1) is 5.82 Å². The van der Waals surface area contributed by atoms with E-state index in [2.05, 4.69) is 0 Å². The Kier molecular flexibility index (Phi) is 3.59. The largest absolute Gasteiger partial charge is 0.505 e. The first-order valence-electron chi connectivity index (χ1n) is 5.76. The Hall–Kier alpha value is -1.14. The van der Waals surface area contributed by atoms with E-state index in [1.807, 2.05) is 4.90 Å². The molecule has 100 valence electrons. The molecule has 0 bridgehead atoms. The summed E-state index contributed by atoms with van der Waals surface area (Å²) < 4.78 is 35.9. The Labute approximate surface area is 106 Å². The van der Waals surface area contributed by atoms with Gasteiger partial charge >= 0.3 is 0 Å². The number of hydrogen-bond donors (Lipinski definition) is 1. The fourth-order valence-corrected chi connectivity index (χ4v) is 4.01. The smallest absolute Gasteiger partial charge is 0.165 e. The molecule has 6 heteroatoms. The van der Waals surface area contributed by atoms with Crippen LogP contribution < -0.4 is 0 Å². The molecule has 1 fully saturated rings. The van der Waals surface area contributed by atoms with Crippen molar-refractivity contribution in [2.24, 2.45) is 0 Å². The van der Waals surface area contributed by atoms with Crippen LogP contribution in [-0.2, 0) is 16.4 Å². The average molecular weight is 273 g/mol. The van der Waals surface area contributed by atoms with Gasteiger partial charge in [-0.1, -0.05) is 12.1 Å². The van der Waals surface area contributed by atoms with Crippen molar-refractivity contribution in [1.29, 1.82) is 0 Å². The summed E-state index contributed by atoms with van der Waals surface area (Å²) in [5, 5.41) is 9.57. The number of rotatable bonds is 3.